The largest absolute Gasteiger partial charge is 0.481 e. The lowest BCUT2D eigenvalue weighted by Gasteiger charge is -2.62. The molecule has 3 fully saturated rings. The lowest BCUT2D eigenvalue weighted by atomic mass is 9.44. The lowest BCUT2D eigenvalue weighted by molar-refractivity contribution is -0.221. The van der Waals surface area contributed by atoms with E-state index in [9.17, 15) is 29.7 Å². The highest BCUT2D eigenvalue weighted by Crippen LogP contribution is 2.70. The summed E-state index contributed by atoms with van der Waals surface area (Å²) in [5, 5.41) is 42.1. The third-order valence-electron chi connectivity index (χ3n) is 9.27. The van der Waals surface area contributed by atoms with Gasteiger partial charge in [0.05, 0.1) is 12.5 Å². The standard InChI is InChI=1S/C24H31FO7/c1-12-8-16-15-5-4-13-9-14(26)6-7-21(13,2)23(15,25)18(28)11-22(16,3)24(12,32)20(31)17(27)10-19(29)30/h6-7,9,12,15-18,27-28,32H,4-5,8,10-11H2,1-3H3,(H,29,30)/t12-,15+,16+,17?,18+,21+,22+,23+,24+/m1/s1. The molecule has 32 heavy (non-hydrogen) atoms. The molecule has 1 unspecified atom stereocenters. The number of alkyl halides is 1. The van der Waals surface area contributed by atoms with Crippen LogP contribution in [-0.4, -0.2) is 61.4 Å². The molecule has 0 aromatic rings. The number of aliphatic hydroxyl groups is 3. The maximum Gasteiger partial charge on any atom is 0.306 e. The van der Waals surface area contributed by atoms with E-state index >= 15 is 4.39 Å². The molecule has 0 heterocycles. The van der Waals surface area contributed by atoms with Crippen LogP contribution < -0.4 is 0 Å². The van der Waals surface area contributed by atoms with Crippen LogP contribution in [0.2, 0.25) is 0 Å². The first kappa shape index (κ1) is 23.3. The number of carbonyl (C=O) groups excluding carboxylic acids is 2. The molecule has 0 saturated heterocycles. The predicted molar refractivity (Wildman–Crippen MR) is 111 cm³/mol. The van der Waals surface area contributed by atoms with E-state index in [0.717, 1.165) is 0 Å². The fourth-order valence-electron chi connectivity index (χ4n) is 7.58. The number of hydrogen-bond donors (Lipinski definition) is 4. The van der Waals surface area contributed by atoms with Crippen molar-refractivity contribution < 1.29 is 39.2 Å². The fourth-order valence-corrected chi connectivity index (χ4v) is 7.58. The molecule has 4 aliphatic rings. The van der Waals surface area contributed by atoms with E-state index in [4.69, 9.17) is 5.11 Å². The zero-order chi connectivity index (χ0) is 23.9. The van der Waals surface area contributed by atoms with Gasteiger partial charge in [0.25, 0.3) is 0 Å². The van der Waals surface area contributed by atoms with E-state index in [1.165, 1.54) is 18.2 Å². The van der Waals surface area contributed by atoms with Crippen molar-refractivity contribution in [1.82, 2.24) is 0 Å². The normalized spacial score (nSPS) is 48.3. The Hall–Kier alpha value is -1.90. The molecule has 7 nitrogen and oxygen atoms in total. The van der Waals surface area contributed by atoms with E-state index in [-0.39, 0.29) is 12.2 Å². The number of carbonyl (C=O) groups is 3. The highest BCUT2D eigenvalue weighted by molar-refractivity contribution is 6.01. The highest BCUT2D eigenvalue weighted by Gasteiger charge is 2.75. The second-order valence-electron chi connectivity index (χ2n) is 10.6. The van der Waals surface area contributed by atoms with Gasteiger partial charge in [-0.15, -0.1) is 0 Å². The van der Waals surface area contributed by atoms with E-state index < -0.39 is 70.2 Å². The average molecular weight is 451 g/mol. The van der Waals surface area contributed by atoms with Gasteiger partial charge in [-0.25, -0.2) is 4.39 Å². The van der Waals surface area contributed by atoms with Crippen molar-refractivity contribution in [2.75, 3.05) is 0 Å². The summed E-state index contributed by atoms with van der Waals surface area (Å²) in [5.41, 5.74) is -5.97. The molecule has 9 atom stereocenters. The molecule has 4 N–H and O–H groups in total. The van der Waals surface area contributed by atoms with Gasteiger partial charge in [-0.3, -0.25) is 14.4 Å². The van der Waals surface area contributed by atoms with Crippen LogP contribution in [0.4, 0.5) is 4.39 Å². The Bertz CT molecular complexity index is 943. The van der Waals surface area contributed by atoms with Crippen LogP contribution in [-0.2, 0) is 14.4 Å². The maximum absolute atomic E-state index is 17.0. The summed E-state index contributed by atoms with van der Waals surface area (Å²) in [6, 6.07) is 0. The number of carboxylic acid groups (broad SMARTS) is 1. The van der Waals surface area contributed by atoms with Gasteiger partial charge < -0.3 is 20.4 Å². The Morgan fingerprint density at radius 2 is 1.94 bits per heavy atom. The Morgan fingerprint density at radius 3 is 2.56 bits per heavy atom. The lowest BCUT2D eigenvalue weighted by Crippen LogP contribution is -2.69. The van der Waals surface area contributed by atoms with E-state index in [2.05, 4.69) is 0 Å². The average Bonchev–Trinajstić information content (AvgIpc) is 2.90. The van der Waals surface area contributed by atoms with Gasteiger partial charge in [0.1, 0.15) is 11.7 Å². The molecule has 0 spiro atoms. The zero-order valence-electron chi connectivity index (χ0n) is 18.5. The smallest absolute Gasteiger partial charge is 0.306 e. The minimum atomic E-state index is -2.09. The van der Waals surface area contributed by atoms with Crippen LogP contribution in [0.15, 0.2) is 23.8 Å². The molecular weight excluding hydrogens is 419 g/mol. The van der Waals surface area contributed by atoms with E-state index in [0.29, 0.717) is 24.8 Å². The SMILES string of the molecule is C[C@@H]1C[C@H]2[C@@H]3CCC4=CC(=O)C=C[C@]4(C)[C@@]3(F)[C@@H](O)C[C@]2(C)[C@@]1(O)C(=O)C(O)CC(=O)O. The molecule has 0 radical (unpaired) electrons. The topological polar surface area (TPSA) is 132 Å². The minimum Gasteiger partial charge on any atom is -0.481 e. The third-order valence-corrected chi connectivity index (χ3v) is 9.27. The van der Waals surface area contributed by atoms with Crippen molar-refractivity contribution >= 4 is 17.5 Å². The van der Waals surface area contributed by atoms with Gasteiger partial charge in [-0.2, -0.15) is 0 Å². The first-order valence-electron chi connectivity index (χ1n) is 11.2. The van der Waals surface area contributed by atoms with E-state index in [1.54, 1.807) is 20.8 Å². The number of halogens is 1. The second-order valence-corrected chi connectivity index (χ2v) is 10.6. The Balaban J connectivity index is 1.77. The predicted octanol–water partition coefficient (Wildman–Crippen LogP) is 1.74. The summed E-state index contributed by atoms with van der Waals surface area (Å²) in [6.07, 6.45) is 0.951. The maximum atomic E-state index is 17.0. The fraction of sp³-hybridized carbons (Fsp3) is 0.708. The first-order valence-corrected chi connectivity index (χ1v) is 11.2. The van der Waals surface area contributed by atoms with Crippen molar-refractivity contribution in [3.63, 3.8) is 0 Å². The Morgan fingerprint density at radius 1 is 1.28 bits per heavy atom. The van der Waals surface area contributed by atoms with Gasteiger partial charge in [-0.05, 0) is 56.6 Å². The van der Waals surface area contributed by atoms with Gasteiger partial charge >= 0.3 is 5.97 Å². The van der Waals surface area contributed by atoms with Crippen molar-refractivity contribution in [1.29, 1.82) is 0 Å². The monoisotopic (exact) mass is 450 g/mol. The Kier molecular flexibility index (Phi) is 5.12. The highest BCUT2D eigenvalue weighted by atomic mass is 19.1. The van der Waals surface area contributed by atoms with Crippen LogP contribution >= 0.6 is 0 Å². The van der Waals surface area contributed by atoms with Crippen LogP contribution in [0.3, 0.4) is 0 Å². The molecule has 0 amide bonds. The summed E-state index contributed by atoms with van der Waals surface area (Å²) in [4.78, 5) is 36.1. The van der Waals surface area contributed by atoms with E-state index in [1.807, 2.05) is 0 Å². The molecular formula is C24H31FO7. The number of hydrogen-bond acceptors (Lipinski definition) is 6. The zero-order valence-corrected chi connectivity index (χ0v) is 18.5. The summed E-state index contributed by atoms with van der Waals surface area (Å²) in [5.74, 6) is -4.38. The van der Waals surface area contributed by atoms with Crippen LogP contribution in [0.25, 0.3) is 0 Å². The molecule has 0 aliphatic heterocycles. The van der Waals surface area contributed by atoms with Crippen LogP contribution in [0.5, 0.6) is 0 Å². The molecule has 0 aromatic heterocycles. The molecule has 3 saturated carbocycles. The first-order chi connectivity index (χ1) is 14.7. The summed E-state index contributed by atoms with van der Waals surface area (Å²) in [7, 11) is 0. The number of ketones is 2. The molecule has 4 aliphatic carbocycles. The number of rotatable bonds is 4. The Labute approximate surface area is 186 Å². The quantitative estimate of drug-likeness (QED) is 0.513. The number of aliphatic hydroxyl groups excluding tert-OH is 2. The van der Waals surface area contributed by atoms with Crippen molar-refractivity contribution in [3.8, 4) is 0 Å². The summed E-state index contributed by atoms with van der Waals surface area (Å²) >= 11 is 0. The number of carboxylic acids is 1. The van der Waals surface area contributed by atoms with Gasteiger partial charge in [0.15, 0.2) is 17.2 Å². The number of allylic oxidation sites excluding steroid dienone is 4. The van der Waals surface area contributed by atoms with Crippen LogP contribution in [0, 0.1) is 28.6 Å². The number of Topliss-reactive ketones (excluding diaryl/α,β-unsaturated/α-hetero) is 1. The number of fused-ring (bicyclic) bond motifs is 5. The van der Waals surface area contributed by atoms with Crippen molar-refractivity contribution in [2.24, 2.45) is 28.6 Å². The molecule has 8 heteroatoms. The second kappa shape index (κ2) is 7.05. The van der Waals surface area contributed by atoms with Crippen molar-refractivity contribution in [3.05, 3.63) is 23.8 Å². The summed E-state index contributed by atoms with van der Waals surface area (Å²) in [6.45, 7) is 4.98. The third kappa shape index (κ3) is 2.66. The van der Waals surface area contributed by atoms with Gasteiger partial charge in [-0.1, -0.05) is 25.5 Å². The molecule has 0 bridgehead atoms. The number of aliphatic carboxylic acids is 1. The van der Waals surface area contributed by atoms with Gasteiger partial charge in [0, 0.05) is 16.7 Å². The van der Waals surface area contributed by atoms with Gasteiger partial charge in [0.2, 0.25) is 0 Å². The molecule has 0 aromatic carbocycles. The molecule has 4 rings (SSSR count). The minimum absolute atomic E-state index is 0.212. The summed E-state index contributed by atoms with van der Waals surface area (Å²) < 4.78 is 17.0. The van der Waals surface area contributed by atoms with Crippen molar-refractivity contribution in [2.45, 2.75) is 76.4 Å². The molecule has 176 valence electrons. The van der Waals surface area contributed by atoms with Crippen LogP contribution in [0.1, 0.15) is 52.9 Å².